The van der Waals surface area contributed by atoms with Crippen LogP contribution in [0, 0.1) is 11.6 Å². The van der Waals surface area contributed by atoms with Crippen LogP contribution in [0.5, 0.6) is 0 Å². The lowest BCUT2D eigenvalue weighted by molar-refractivity contribution is 0.0947. The summed E-state index contributed by atoms with van der Waals surface area (Å²) in [6.07, 6.45) is 0. The van der Waals surface area contributed by atoms with Crippen LogP contribution in [0.3, 0.4) is 0 Å². The summed E-state index contributed by atoms with van der Waals surface area (Å²) in [6, 6.07) is 1.77. The molecule has 0 fully saturated rings. The second-order valence-electron chi connectivity index (χ2n) is 2.85. The van der Waals surface area contributed by atoms with Crippen molar-refractivity contribution in [3.05, 3.63) is 29.3 Å². The summed E-state index contributed by atoms with van der Waals surface area (Å²) in [6.45, 7) is 1.93. The van der Waals surface area contributed by atoms with Crippen LogP contribution in [-0.4, -0.2) is 25.0 Å². The Balaban J connectivity index is 3.13. The van der Waals surface area contributed by atoms with E-state index in [0.29, 0.717) is 7.48 Å². The highest BCUT2D eigenvalue weighted by molar-refractivity contribution is 6.45. The maximum atomic E-state index is 13.2. The fourth-order valence-corrected chi connectivity index (χ4v) is 1.13. The van der Waals surface area contributed by atoms with Gasteiger partial charge >= 0.3 is 7.48 Å². The second kappa shape index (κ2) is 4.88. The van der Waals surface area contributed by atoms with Crippen LogP contribution >= 0.6 is 0 Å². The number of hydrogen-bond donors (Lipinski definition) is 2. The largest absolute Gasteiger partial charge is 0.450 e. The van der Waals surface area contributed by atoms with E-state index in [1.54, 1.807) is 6.92 Å². The minimum Gasteiger partial charge on any atom is -0.450 e. The lowest BCUT2D eigenvalue weighted by Crippen LogP contribution is -2.27. The third-order valence-electron chi connectivity index (χ3n) is 1.78. The number of rotatable bonds is 3. The van der Waals surface area contributed by atoms with E-state index in [9.17, 15) is 13.6 Å². The molecule has 79 valence electrons. The van der Waals surface area contributed by atoms with Crippen LogP contribution in [-0.2, 0) is 0 Å². The molecule has 0 atom stereocenters. The van der Waals surface area contributed by atoms with Crippen LogP contribution in [0.1, 0.15) is 17.3 Å². The third-order valence-corrected chi connectivity index (χ3v) is 1.78. The molecule has 1 amide bonds. The Morgan fingerprint density at radius 1 is 1.47 bits per heavy atom. The van der Waals surface area contributed by atoms with E-state index in [1.807, 2.05) is 0 Å². The first kappa shape index (κ1) is 11.6. The van der Waals surface area contributed by atoms with E-state index >= 15 is 0 Å². The minimum atomic E-state index is -0.999. The molecule has 0 aliphatic rings. The number of carbonyl (C=O) groups excluding carboxylic acids is 1. The molecule has 1 aromatic carbocycles. The van der Waals surface area contributed by atoms with Gasteiger partial charge in [0.05, 0.1) is 0 Å². The SMILES string of the molecule is CCNC(=O)c1c(F)cc([B]O)cc1F. The molecule has 0 heterocycles. The fraction of sp³-hybridized carbons (Fsp3) is 0.222. The van der Waals surface area contributed by atoms with Crippen molar-refractivity contribution < 1.29 is 18.6 Å². The standard InChI is InChI=1S/C9H9BF2NO2/c1-2-13-9(14)8-6(11)3-5(10-15)4-7(8)12/h3-4,15H,2H2,1H3,(H,13,14). The summed E-state index contributed by atoms with van der Waals surface area (Å²) in [5, 5.41) is 10.8. The van der Waals surface area contributed by atoms with Crippen molar-refractivity contribution in [2.45, 2.75) is 6.92 Å². The monoisotopic (exact) mass is 212 g/mol. The Morgan fingerprint density at radius 3 is 2.40 bits per heavy atom. The van der Waals surface area contributed by atoms with Crippen molar-refractivity contribution in [1.29, 1.82) is 0 Å². The first-order valence-corrected chi connectivity index (χ1v) is 4.34. The van der Waals surface area contributed by atoms with Gasteiger partial charge in [-0.3, -0.25) is 4.79 Å². The summed E-state index contributed by atoms with van der Waals surface area (Å²) >= 11 is 0. The van der Waals surface area contributed by atoms with Gasteiger partial charge in [0.1, 0.15) is 17.2 Å². The lowest BCUT2D eigenvalue weighted by Gasteiger charge is -2.06. The quantitative estimate of drug-likeness (QED) is 0.690. The molecule has 1 radical (unpaired) electrons. The third kappa shape index (κ3) is 2.53. The van der Waals surface area contributed by atoms with E-state index in [1.165, 1.54) is 0 Å². The van der Waals surface area contributed by atoms with Crippen LogP contribution in [0.15, 0.2) is 12.1 Å². The molecule has 6 heteroatoms. The zero-order valence-electron chi connectivity index (χ0n) is 8.05. The summed E-state index contributed by atoms with van der Waals surface area (Å²) < 4.78 is 26.5. The highest BCUT2D eigenvalue weighted by Gasteiger charge is 2.17. The van der Waals surface area contributed by atoms with Gasteiger partial charge < -0.3 is 10.3 Å². The molecule has 0 saturated heterocycles. The molecule has 0 saturated carbocycles. The Morgan fingerprint density at radius 2 is 2.00 bits per heavy atom. The molecular formula is C9H9BF2NO2. The first-order valence-electron chi connectivity index (χ1n) is 4.34. The molecule has 0 bridgehead atoms. The van der Waals surface area contributed by atoms with E-state index in [4.69, 9.17) is 5.02 Å². The molecule has 0 spiro atoms. The van der Waals surface area contributed by atoms with E-state index in [-0.39, 0.29) is 12.0 Å². The van der Waals surface area contributed by atoms with Gasteiger partial charge in [0, 0.05) is 6.54 Å². The number of carbonyl (C=O) groups is 1. The maximum absolute atomic E-state index is 13.2. The van der Waals surface area contributed by atoms with Crippen molar-refractivity contribution in [2.75, 3.05) is 6.54 Å². The molecule has 2 N–H and O–H groups in total. The van der Waals surface area contributed by atoms with Gasteiger partial charge in [0.15, 0.2) is 0 Å². The van der Waals surface area contributed by atoms with Crippen molar-refractivity contribution in [2.24, 2.45) is 0 Å². The minimum absolute atomic E-state index is 0.0296. The molecule has 0 aromatic heterocycles. The van der Waals surface area contributed by atoms with Crippen molar-refractivity contribution in [3.63, 3.8) is 0 Å². The smallest absolute Gasteiger partial charge is 0.326 e. The van der Waals surface area contributed by atoms with Gasteiger partial charge in [-0.15, -0.1) is 0 Å². The van der Waals surface area contributed by atoms with Gasteiger partial charge in [-0.1, -0.05) is 0 Å². The van der Waals surface area contributed by atoms with Gasteiger partial charge in [0.25, 0.3) is 5.91 Å². The summed E-state index contributed by atoms with van der Waals surface area (Å²) in [5.74, 6) is -2.81. The first-order chi connectivity index (χ1) is 7.10. The molecule has 1 aromatic rings. The van der Waals surface area contributed by atoms with E-state index in [0.717, 1.165) is 12.1 Å². The predicted octanol–water partition coefficient (Wildman–Crippen LogP) is -0.0487. The zero-order chi connectivity index (χ0) is 11.4. The Bertz CT molecular complexity index is 361. The van der Waals surface area contributed by atoms with E-state index < -0.39 is 23.1 Å². The van der Waals surface area contributed by atoms with Crippen molar-refractivity contribution >= 4 is 18.9 Å². The number of halogens is 2. The Hall–Kier alpha value is -1.43. The highest BCUT2D eigenvalue weighted by atomic mass is 19.1. The summed E-state index contributed by atoms with van der Waals surface area (Å²) in [4.78, 5) is 11.2. The molecule has 15 heavy (non-hydrogen) atoms. The van der Waals surface area contributed by atoms with Crippen LogP contribution in [0.4, 0.5) is 8.78 Å². The van der Waals surface area contributed by atoms with Crippen molar-refractivity contribution in [3.8, 4) is 0 Å². The summed E-state index contributed by atoms with van der Waals surface area (Å²) in [5.41, 5.74) is -0.666. The Kier molecular flexibility index (Phi) is 3.79. The van der Waals surface area contributed by atoms with Gasteiger partial charge in [-0.2, -0.15) is 0 Å². The molecule has 0 aliphatic heterocycles. The van der Waals surface area contributed by atoms with Crippen LogP contribution < -0.4 is 10.8 Å². The number of benzene rings is 1. The van der Waals surface area contributed by atoms with Gasteiger partial charge in [-0.25, -0.2) is 8.78 Å². The molecular weight excluding hydrogens is 203 g/mol. The van der Waals surface area contributed by atoms with Gasteiger partial charge in [0.2, 0.25) is 0 Å². The fourth-order valence-electron chi connectivity index (χ4n) is 1.13. The number of nitrogens with one attached hydrogen (secondary N) is 1. The van der Waals surface area contributed by atoms with Gasteiger partial charge in [-0.05, 0) is 24.5 Å². The predicted molar refractivity (Wildman–Crippen MR) is 52.0 cm³/mol. The Labute approximate surface area is 86.4 Å². The molecule has 0 unspecified atom stereocenters. The van der Waals surface area contributed by atoms with Crippen LogP contribution in [0.2, 0.25) is 0 Å². The lowest BCUT2D eigenvalue weighted by atomic mass is 9.87. The normalized spacial score (nSPS) is 9.87. The topological polar surface area (TPSA) is 49.3 Å². The van der Waals surface area contributed by atoms with Crippen molar-refractivity contribution in [1.82, 2.24) is 5.32 Å². The summed E-state index contributed by atoms with van der Waals surface area (Å²) in [7, 11) is 0.563. The second-order valence-corrected chi connectivity index (χ2v) is 2.85. The zero-order valence-corrected chi connectivity index (χ0v) is 8.05. The number of amides is 1. The average Bonchev–Trinajstić information content (AvgIpc) is 2.16. The number of hydrogen-bond acceptors (Lipinski definition) is 2. The highest BCUT2D eigenvalue weighted by Crippen LogP contribution is 2.10. The molecule has 0 aliphatic carbocycles. The maximum Gasteiger partial charge on any atom is 0.326 e. The average molecular weight is 212 g/mol. The van der Waals surface area contributed by atoms with E-state index in [2.05, 4.69) is 5.32 Å². The molecule has 3 nitrogen and oxygen atoms in total. The molecule has 1 rings (SSSR count). The van der Waals surface area contributed by atoms with Crippen LogP contribution in [0.25, 0.3) is 0 Å².